The van der Waals surface area contributed by atoms with Crippen molar-refractivity contribution in [2.45, 2.75) is 18.9 Å². The first-order valence-corrected chi connectivity index (χ1v) is 8.95. The smallest absolute Gasteiger partial charge is 0.310 e. The van der Waals surface area contributed by atoms with Gasteiger partial charge in [-0.05, 0) is 30.9 Å². The maximum atomic E-state index is 13.0. The number of carbonyl (C=O) groups excluding carboxylic acids is 3. The van der Waals surface area contributed by atoms with Crippen LogP contribution in [0.4, 0.5) is 0 Å². The number of piperazine rings is 1. The average molecular weight is 344 g/mol. The summed E-state index contributed by atoms with van der Waals surface area (Å²) in [5.41, 5.74) is 0. The summed E-state index contributed by atoms with van der Waals surface area (Å²) in [6, 6.07) is 3.34. The van der Waals surface area contributed by atoms with E-state index in [0.29, 0.717) is 31.9 Å². The van der Waals surface area contributed by atoms with Gasteiger partial charge in [-0.2, -0.15) is 0 Å². The molecule has 0 spiro atoms. The minimum Gasteiger partial charge on any atom is -0.462 e. The predicted molar refractivity (Wildman–Crippen MR) is 84.3 cm³/mol. The standard InChI is InChI=1S/C18H20N2O5/c21-16(12-2-1-7-24-12)19-3-5-20(6-4-19)17(22)14-10-8-11-13(9-10)25-18(23)15(11)14/h1-2,7,10-11,13-15H,3-6,8-9H2/t10-,11+,13-,14+,15-/m1/s1. The number of amides is 2. The van der Waals surface area contributed by atoms with Gasteiger partial charge in [0.2, 0.25) is 5.91 Å². The van der Waals surface area contributed by atoms with Crippen molar-refractivity contribution in [1.82, 2.24) is 9.80 Å². The van der Waals surface area contributed by atoms with E-state index in [-0.39, 0.29) is 47.6 Å². The van der Waals surface area contributed by atoms with Crippen molar-refractivity contribution in [2.24, 2.45) is 23.7 Å². The minimum atomic E-state index is -0.237. The maximum absolute atomic E-state index is 13.0. The van der Waals surface area contributed by atoms with E-state index in [9.17, 15) is 14.4 Å². The Kier molecular flexibility index (Phi) is 3.20. The largest absolute Gasteiger partial charge is 0.462 e. The summed E-state index contributed by atoms with van der Waals surface area (Å²) in [6.45, 7) is 1.99. The number of fused-ring (bicyclic) bond motifs is 1. The molecular formula is C18H20N2O5. The van der Waals surface area contributed by atoms with Crippen LogP contribution < -0.4 is 0 Å². The van der Waals surface area contributed by atoms with E-state index in [0.717, 1.165) is 12.8 Å². The summed E-state index contributed by atoms with van der Waals surface area (Å²) in [7, 11) is 0. The van der Waals surface area contributed by atoms with Crippen LogP contribution in [0.1, 0.15) is 23.4 Å². The average Bonchev–Trinajstić information content (AvgIpc) is 3.37. The third kappa shape index (κ3) is 2.14. The molecule has 132 valence electrons. The lowest BCUT2D eigenvalue weighted by molar-refractivity contribution is -0.148. The van der Waals surface area contributed by atoms with Crippen molar-refractivity contribution in [3.63, 3.8) is 0 Å². The molecule has 2 bridgehead atoms. The quantitative estimate of drug-likeness (QED) is 0.740. The van der Waals surface area contributed by atoms with Crippen LogP contribution in [-0.2, 0) is 14.3 Å². The van der Waals surface area contributed by atoms with Gasteiger partial charge in [0.15, 0.2) is 5.76 Å². The number of hydrogen-bond donors (Lipinski definition) is 0. The number of nitrogens with zero attached hydrogens (tertiary/aromatic N) is 2. The molecule has 5 rings (SSSR count). The van der Waals surface area contributed by atoms with E-state index in [4.69, 9.17) is 9.15 Å². The van der Waals surface area contributed by atoms with Crippen molar-refractivity contribution in [3.8, 4) is 0 Å². The van der Waals surface area contributed by atoms with Crippen molar-refractivity contribution >= 4 is 17.8 Å². The van der Waals surface area contributed by atoms with Crippen LogP contribution in [0, 0.1) is 23.7 Å². The Hall–Kier alpha value is -2.31. The highest BCUT2D eigenvalue weighted by molar-refractivity contribution is 5.92. The molecule has 2 aliphatic heterocycles. The van der Waals surface area contributed by atoms with E-state index < -0.39 is 0 Å². The van der Waals surface area contributed by atoms with E-state index in [1.165, 1.54) is 6.26 Å². The second kappa shape index (κ2) is 5.34. The summed E-state index contributed by atoms with van der Waals surface area (Å²) in [5, 5.41) is 0. The fourth-order valence-corrected chi connectivity index (χ4v) is 5.24. The van der Waals surface area contributed by atoms with Gasteiger partial charge in [-0.3, -0.25) is 14.4 Å². The molecule has 7 nitrogen and oxygen atoms in total. The zero-order chi connectivity index (χ0) is 17.1. The molecule has 0 unspecified atom stereocenters. The fraction of sp³-hybridized carbons (Fsp3) is 0.611. The van der Waals surface area contributed by atoms with Gasteiger partial charge in [-0.1, -0.05) is 0 Å². The number of ether oxygens (including phenoxy) is 1. The van der Waals surface area contributed by atoms with Gasteiger partial charge in [-0.15, -0.1) is 0 Å². The first-order valence-electron chi connectivity index (χ1n) is 8.95. The van der Waals surface area contributed by atoms with Crippen molar-refractivity contribution < 1.29 is 23.5 Å². The highest BCUT2D eigenvalue weighted by Crippen LogP contribution is 2.58. The summed E-state index contributed by atoms with van der Waals surface area (Å²) < 4.78 is 10.6. The third-order valence-electron chi connectivity index (χ3n) is 6.38. The number of hydrogen-bond acceptors (Lipinski definition) is 5. The summed E-state index contributed by atoms with van der Waals surface area (Å²) >= 11 is 0. The molecule has 1 aromatic heterocycles. The van der Waals surface area contributed by atoms with Gasteiger partial charge >= 0.3 is 5.97 Å². The molecule has 4 fully saturated rings. The number of carbonyl (C=O) groups is 3. The number of esters is 1. The SMILES string of the molecule is O=C1O[C@@H]2C[C@H]3C[C@@H]2[C@@H]1[C@H]3C(=O)N1CCN(C(=O)c2ccco2)CC1. The third-order valence-corrected chi connectivity index (χ3v) is 6.38. The molecular weight excluding hydrogens is 324 g/mol. The highest BCUT2D eigenvalue weighted by Gasteiger charge is 2.64. The molecule has 1 aromatic rings. The first-order chi connectivity index (χ1) is 12.1. The molecule has 3 heterocycles. The van der Waals surface area contributed by atoms with E-state index in [1.807, 2.05) is 4.90 Å². The molecule has 4 aliphatic rings. The first kappa shape index (κ1) is 15.0. The van der Waals surface area contributed by atoms with E-state index in [2.05, 4.69) is 0 Å². The molecule has 5 atom stereocenters. The molecule has 0 N–H and O–H groups in total. The molecule has 7 heteroatoms. The lowest BCUT2D eigenvalue weighted by Gasteiger charge is -2.37. The van der Waals surface area contributed by atoms with Gasteiger partial charge in [0.1, 0.15) is 6.10 Å². The molecule has 2 saturated carbocycles. The normalized spacial score (nSPS) is 36.0. The second-order valence-corrected chi connectivity index (χ2v) is 7.52. The van der Waals surface area contributed by atoms with Crippen LogP contribution in [-0.4, -0.2) is 59.9 Å². The fourth-order valence-electron chi connectivity index (χ4n) is 5.24. The van der Waals surface area contributed by atoms with Gasteiger partial charge in [0, 0.05) is 32.1 Å². The van der Waals surface area contributed by atoms with Crippen molar-refractivity contribution in [3.05, 3.63) is 24.2 Å². The molecule has 25 heavy (non-hydrogen) atoms. The van der Waals surface area contributed by atoms with Gasteiger partial charge in [0.05, 0.1) is 18.1 Å². The Morgan fingerprint density at radius 3 is 2.56 bits per heavy atom. The van der Waals surface area contributed by atoms with Crippen LogP contribution in [0.2, 0.25) is 0 Å². The van der Waals surface area contributed by atoms with Crippen LogP contribution >= 0.6 is 0 Å². The van der Waals surface area contributed by atoms with Crippen LogP contribution in [0.15, 0.2) is 22.8 Å². The van der Waals surface area contributed by atoms with Crippen molar-refractivity contribution in [1.29, 1.82) is 0 Å². The maximum Gasteiger partial charge on any atom is 0.310 e. The van der Waals surface area contributed by atoms with Crippen molar-refractivity contribution in [2.75, 3.05) is 26.2 Å². The summed E-state index contributed by atoms with van der Waals surface area (Å²) in [6.07, 6.45) is 3.31. The zero-order valence-electron chi connectivity index (χ0n) is 13.8. The van der Waals surface area contributed by atoms with E-state index >= 15 is 0 Å². The lowest BCUT2D eigenvalue weighted by Crippen LogP contribution is -2.53. The number of rotatable bonds is 2. The monoisotopic (exact) mass is 344 g/mol. The Morgan fingerprint density at radius 2 is 1.84 bits per heavy atom. The Balaban J connectivity index is 1.25. The Morgan fingerprint density at radius 1 is 1.08 bits per heavy atom. The molecule has 0 aromatic carbocycles. The zero-order valence-corrected chi connectivity index (χ0v) is 13.8. The summed E-state index contributed by atoms with van der Waals surface area (Å²) in [4.78, 5) is 41.0. The topological polar surface area (TPSA) is 80.1 Å². The molecule has 2 saturated heterocycles. The highest BCUT2D eigenvalue weighted by atomic mass is 16.6. The van der Waals surface area contributed by atoms with E-state index in [1.54, 1.807) is 17.0 Å². The Labute approximate surface area is 144 Å². The van der Waals surface area contributed by atoms with Gasteiger partial charge < -0.3 is 19.0 Å². The van der Waals surface area contributed by atoms with Crippen LogP contribution in [0.25, 0.3) is 0 Å². The summed E-state index contributed by atoms with van der Waals surface area (Å²) in [5.74, 6) is 0.143. The van der Waals surface area contributed by atoms with Gasteiger partial charge in [0.25, 0.3) is 5.91 Å². The second-order valence-electron chi connectivity index (χ2n) is 7.52. The number of furan rings is 1. The predicted octanol–water partition coefficient (Wildman–Crippen LogP) is 0.762. The molecule has 2 aliphatic carbocycles. The molecule has 0 radical (unpaired) electrons. The van der Waals surface area contributed by atoms with Crippen LogP contribution in [0.3, 0.4) is 0 Å². The van der Waals surface area contributed by atoms with Crippen LogP contribution in [0.5, 0.6) is 0 Å². The minimum absolute atomic E-state index is 0.0503. The molecule has 2 amide bonds. The van der Waals surface area contributed by atoms with Gasteiger partial charge in [-0.25, -0.2) is 0 Å². The Bertz CT molecular complexity index is 720. The lowest BCUT2D eigenvalue weighted by atomic mass is 9.79.